The van der Waals surface area contributed by atoms with Gasteiger partial charge in [-0.25, -0.2) is 4.90 Å². The number of carbonyl (C=O) groups excluding carboxylic acids is 3. The van der Waals surface area contributed by atoms with Crippen molar-refractivity contribution in [3.63, 3.8) is 0 Å². The summed E-state index contributed by atoms with van der Waals surface area (Å²) < 4.78 is 3.46. The maximum atomic E-state index is 13.9. The van der Waals surface area contributed by atoms with Crippen LogP contribution in [-0.2, 0) is 23.0 Å². The van der Waals surface area contributed by atoms with Gasteiger partial charge in [0, 0.05) is 6.92 Å². The van der Waals surface area contributed by atoms with E-state index in [1.54, 1.807) is 24.3 Å². The molecule has 3 aromatic carbocycles. The van der Waals surface area contributed by atoms with Gasteiger partial charge in [0.05, 0.1) is 26.2 Å². The summed E-state index contributed by atoms with van der Waals surface area (Å²) in [4.78, 5) is 40.4. The van der Waals surface area contributed by atoms with Gasteiger partial charge in [0.1, 0.15) is 5.75 Å². The third-order valence-corrected chi connectivity index (χ3v) is 9.64. The Balaban J connectivity index is 1.54. The second-order valence-corrected chi connectivity index (χ2v) is 11.1. The molecule has 0 saturated carbocycles. The van der Waals surface area contributed by atoms with E-state index in [0.717, 1.165) is 22.3 Å². The Hall–Kier alpha value is -2.77. The van der Waals surface area contributed by atoms with Crippen LogP contribution in [0.5, 0.6) is 5.75 Å². The molecule has 33 heavy (non-hydrogen) atoms. The number of amides is 2. The summed E-state index contributed by atoms with van der Waals surface area (Å²) >= 11 is 7.98. The van der Waals surface area contributed by atoms with Crippen molar-refractivity contribution in [3.8, 4) is 5.75 Å². The van der Waals surface area contributed by atoms with Gasteiger partial charge in [-0.15, -0.1) is 0 Å². The van der Waals surface area contributed by atoms with E-state index in [-0.39, 0.29) is 11.8 Å². The molecular formula is C26H17Br2NO4. The number of imide groups is 1. The second-order valence-electron chi connectivity index (χ2n) is 8.57. The summed E-state index contributed by atoms with van der Waals surface area (Å²) in [5, 5.41) is 0. The Morgan fingerprint density at radius 3 is 1.52 bits per heavy atom. The summed E-state index contributed by atoms with van der Waals surface area (Å²) in [5.41, 5.74) is 4.44. The van der Waals surface area contributed by atoms with Crippen LogP contribution in [0, 0.1) is 11.8 Å². The molecule has 4 aliphatic rings. The molecule has 5 nitrogen and oxygen atoms in total. The smallest absolute Gasteiger partial charge is 0.308 e. The van der Waals surface area contributed by atoms with Crippen molar-refractivity contribution >= 4 is 55.3 Å². The van der Waals surface area contributed by atoms with Crippen LogP contribution >= 0.6 is 31.9 Å². The molecule has 0 N–H and O–H groups in total. The van der Waals surface area contributed by atoms with Crippen molar-refractivity contribution in [2.75, 3.05) is 4.90 Å². The van der Waals surface area contributed by atoms with Crippen molar-refractivity contribution in [1.29, 1.82) is 0 Å². The van der Waals surface area contributed by atoms with Gasteiger partial charge in [-0.3, -0.25) is 14.4 Å². The predicted molar refractivity (Wildman–Crippen MR) is 130 cm³/mol. The highest BCUT2D eigenvalue weighted by molar-refractivity contribution is 9.10. The summed E-state index contributed by atoms with van der Waals surface area (Å²) in [6.45, 7) is 1.32. The summed E-state index contributed by atoms with van der Waals surface area (Å²) in [6.07, 6.45) is 0. The molecule has 3 aromatic rings. The lowest BCUT2D eigenvalue weighted by Crippen LogP contribution is -2.56. The first-order valence-corrected chi connectivity index (χ1v) is 12.1. The highest BCUT2D eigenvalue weighted by Crippen LogP contribution is 2.70. The molecule has 1 saturated heterocycles. The van der Waals surface area contributed by atoms with Crippen molar-refractivity contribution < 1.29 is 19.1 Å². The van der Waals surface area contributed by atoms with E-state index in [4.69, 9.17) is 4.74 Å². The third kappa shape index (κ3) is 2.49. The number of ether oxygens (including phenoxy) is 1. The summed E-state index contributed by atoms with van der Waals surface area (Å²) in [7, 11) is 0. The molecule has 0 unspecified atom stereocenters. The van der Waals surface area contributed by atoms with Gasteiger partial charge in [0.25, 0.3) is 0 Å². The van der Waals surface area contributed by atoms with Gasteiger partial charge in [0.15, 0.2) is 0 Å². The van der Waals surface area contributed by atoms with E-state index < -0.39 is 26.5 Å². The molecule has 1 fully saturated rings. The number of anilines is 1. The van der Waals surface area contributed by atoms with Crippen LogP contribution in [0.3, 0.4) is 0 Å². The molecule has 1 aliphatic heterocycles. The normalized spacial score (nSPS) is 28.9. The Morgan fingerprint density at radius 1 is 0.758 bits per heavy atom. The molecule has 0 spiro atoms. The largest absolute Gasteiger partial charge is 0.427 e. The highest BCUT2D eigenvalue weighted by atomic mass is 79.9. The number of nitrogens with zero attached hydrogens (tertiary/aromatic N) is 1. The topological polar surface area (TPSA) is 63.7 Å². The van der Waals surface area contributed by atoms with Crippen LogP contribution in [-0.4, -0.2) is 17.8 Å². The molecule has 2 amide bonds. The zero-order chi connectivity index (χ0) is 23.1. The Kier molecular flexibility index (Phi) is 4.33. The van der Waals surface area contributed by atoms with Gasteiger partial charge in [0.2, 0.25) is 11.8 Å². The van der Waals surface area contributed by atoms with Crippen molar-refractivity contribution in [3.05, 3.63) is 95.1 Å². The van der Waals surface area contributed by atoms with Gasteiger partial charge in [-0.2, -0.15) is 0 Å². The molecule has 0 radical (unpaired) electrons. The Labute approximate surface area is 207 Å². The monoisotopic (exact) mass is 565 g/mol. The van der Waals surface area contributed by atoms with E-state index in [0.29, 0.717) is 11.4 Å². The quantitative estimate of drug-likeness (QED) is 0.189. The van der Waals surface area contributed by atoms with Crippen LogP contribution in [0.4, 0.5) is 5.69 Å². The highest BCUT2D eigenvalue weighted by Gasteiger charge is 2.72. The minimum Gasteiger partial charge on any atom is -0.427 e. The number of halogens is 2. The molecule has 7 rings (SSSR count). The van der Waals surface area contributed by atoms with Crippen LogP contribution in [0.2, 0.25) is 0 Å². The van der Waals surface area contributed by atoms with Crippen LogP contribution in [0.15, 0.2) is 72.8 Å². The Morgan fingerprint density at radius 2 is 1.15 bits per heavy atom. The first-order chi connectivity index (χ1) is 15.8. The predicted octanol–water partition coefficient (Wildman–Crippen LogP) is 5.02. The maximum absolute atomic E-state index is 13.9. The summed E-state index contributed by atoms with van der Waals surface area (Å²) in [6, 6.07) is 22.4. The lowest BCUT2D eigenvalue weighted by Gasteiger charge is -2.55. The molecule has 2 atom stereocenters. The SMILES string of the molecule is CC(=O)Oc1ccc(N2C(=O)[C@@H]3[C@@H](C2=O)C2(Br)c4ccccc4C3(Br)c3ccccc32)cc1. The third-order valence-electron chi connectivity index (χ3n) is 6.94. The summed E-state index contributed by atoms with van der Waals surface area (Å²) in [5.74, 6) is -1.83. The average Bonchev–Trinajstić information content (AvgIpc) is 3.09. The van der Waals surface area contributed by atoms with Crippen molar-refractivity contribution in [1.82, 2.24) is 0 Å². The number of hydrogen-bond donors (Lipinski definition) is 0. The minimum atomic E-state index is -0.820. The molecule has 3 aliphatic carbocycles. The van der Waals surface area contributed by atoms with Crippen molar-refractivity contribution in [2.24, 2.45) is 11.8 Å². The number of rotatable bonds is 2. The maximum Gasteiger partial charge on any atom is 0.308 e. The average molecular weight is 567 g/mol. The van der Waals surface area contributed by atoms with Crippen LogP contribution in [0.1, 0.15) is 29.2 Å². The molecule has 0 aromatic heterocycles. The number of hydrogen-bond acceptors (Lipinski definition) is 4. The lowest BCUT2D eigenvalue weighted by molar-refractivity contribution is -0.132. The van der Waals surface area contributed by atoms with Crippen LogP contribution in [0.25, 0.3) is 0 Å². The fourth-order valence-corrected chi connectivity index (χ4v) is 8.05. The van der Waals surface area contributed by atoms with Crippen LogP contribution < -0.4 is 9.64 Å². The number of esters is 1. The number of alkyl halides is 2. The number of carbonyl (C=O) groups is 3. The molecule has 1 heterocycles. The Bertz CT molecular complexity index is 1250. The van der Waals surface area contributed by atoms with Gasteiger partial charge in [-0.05, 0) is 46.5 Å². The van der Waals surface area contributed by atoms with Crippen molar-refractivity contribution in [2.45, 2.75) is 15.6 Å². The standard InChI is InChI=1S/C26H17Br2NO4/c1-14(30)33-16-12-10-15(11-13-16)29-23(31)21-22(24(29)32)26(28)18-7-3-2-6-17(18)25(21,27)19-8-4-5-9-20(19)26/h2-13,21-22H,1H3/t21-,22-,25?,26?/m0/s1. The van der Waals surface area contributed by atoms with E-state index in [1.165, 1.54) is 11.8 Å². The first kappa shape index (κ1) is 20.8. The van der Waals surface area contributed by atoms with E-state index in [2.05, 4.69) is 31.9 Å². The van der Waals surface area contributed by atoms with Gasteiger partial charge >= 0.3 is 5.97 Å². The van der Waals surface area contributed by atoms with Gasteiger partial charge < -0.3 is 4.74 Å². The first-order valence-electron chi connectivity index (χ1n) is 10.5. The molecular weight excluding hydrogens is 550 g/mol. The van der Waals surface area contributed by atoms with E-state index >= 15 is 0 Å². The van der Waals surface area contributed by atoms with Gasteiger partial charge in [-0.1, -0.05) is 80.4 Å². The lowest BCUT2D eigenvalue weighted by atomic mass is 9.54. The molecule has 7 heteroatoms. The fourth-order valence-electron chi connectivity index (χ4n) is 5.75. The zero-order valence-corrected chi connectivity index (χ0v) is 20.6. The molecule has 164 valence electrons. The van der Waals surface area contributed by atoms with E-state index in [9.17, 15) is 14.4 Å². The second kappa shape index (κ2) is 6.87. The minimum absolute atomic E-state index is 0.255. The zero-order valence-electron chi connectivity index (χ0n) is 17.4. The van der Waals surface area contributed by atoms with E-state index in [1.807, 2.05) is 48.5 Å². The fraction of sp³-hybridized carbons (Fsp3) is 0.192. The molecule has 2 bridgehead atoms. The number of benzene rings is 3.